The number of amides is 1. The average Bonchev–Trinajstić information content (AvgIpc) is 3.35. The number of primary amides is 1. The number of aliphatic hydroxyl groups excluding tert-OH is 1. The molecule has 0 spiro atoms. The van der Waals surface area contributed by atoms with Gasteiger partial charge in [0.25, 0.3) is 0 Å². The van der Waals surface area contributed by atoms with E-state index < -0.39 is 18.1 Å². The Bertz CT molecular complexity index is 609. The topological polar surface area (TPSA) is 112 Å². The van der Waals surface area contributed by atoms with Crippen LogP contribution >= 0.6 is 0 Å². The SMILES string of the molecule is NC(=O)[C@@H]1C[C@@H](O)CN1c1nc(N2CCCC2)nc(N2CCCC2)n1. The van der Waals surface area contributed by atoms with Crippen molar-refractivity contribution in [1.82, 2.24) is 15.0 Å². The lowest BCUT2D eigenvalue weighted by Crippen LogP contribution is -2.41. The molecule has 136 valence electrons. The van der Waals surface area contributed by atoms with Crippen molar-refractivity contribution in [2.45, 2.75) is 44.2 Å². The van der Waals surface area contributed by atoms with Gasteiger partial charge in [-0.3, -0.25) is 4.79 Å². The monoisotopic (exact) mass is 347 g/mol. The summed E-state index contributed by atoms with van der Waals surface area (Å²) < 4.78 is 0. The van der Waals surface area contributed by atoms with Gasteiger partial charge in [-0.25, -0.2) is 0 Å². The highest BCUT2D eigenvalue weighted by atomic mass is 16.3. The van der Waals surface area contributed by atoms with Crippen LogP contribution in [0.5, 0.6) is 0 Å². The fourth-order valence-corrected chi connectivity index (χ4v) is 3.89. The minimum atomic E-state index is -0.597. The molecule has 3 saturated heterocycles. The molecule has 9 heteroatoms. The Labute approximate surface area is 146 Å². The Morgan fingerprint density at radius 2 is 1.40 bits per heavy atom. The molecule has 0 saturated carbocycles. The second-order valence-corrected chi connectivity index (χ2v) is 7.08. The first-order valence-corrected chi connectivity index (χ1v) is 9.12. The third-order valence-corrected chi connectivity index (χ3v) is 5.24. The first-order valence-electron chi connectivity index (χ1n) is 9.12. The van der Waals surface area contributed by atoms with Crippen molar-refractivity contribution in [1.29, 1.82) is 0 Å². The highest BCUT2D eigenvalue weighted by molar-refractivity contribution is 5.84. The maximum absolute atomic E-state index is 11.8. The zero-order chi connectivity index (χ0) is 17.4. The van der Waals surface area contributed by atoms with E-state index in [-0.39, 0.29) is 0 Å². The number of carbonyl (C=O) groups excluding carboxylic acids is 1. The van der Waals surface area contributed by atoms with Crippen LogP contribution in [0.15, 0.2) is 0 Å². The van der Waals surface area contributed by atoms with Crippen LogP contribution in [0.1, 0.15) is 32.1 Å². The Morgan fingerprint density at radius 1 is 0.920 bits per heavy atom. The molecule has 3 aliphatic rings. The van der Waals surface area contributed by atoms with Crippen molar-refractivity contribution in [3.63, 3.8) is 0 Å². The molecule has 2 atom stereocenters. The van der Waals surface area contributed by atoms with Crippen molar-refractivity contribution in [3.05, 3.63) is 0 Å². The van der Waals surface area contributed by atoms with Gasteiger partial charge in [-0.2, -0.15) is 15.0 Å². The maximum Gasteiger partial charge on any atom is 0.240 e. The van der Waals surface area contributed by atoms with E-state index in [0.29, 0.717) is 30.8 Å². The molecule has 4 heterocycles. The Balaban J connectivity index is 1.71. The van der Waals surface area contributed by atoms with Gasteiger partial charge in [0, 0.05) is 39.1 Å². The molecule has 9 nitrogen and oxygen atoms in total. The van der Waals surface area contributed by atoms with Gasteiger partial charge in [0.05, 0.1) is 6.10 Å². The fourth-order valence-electron chi connectivity index (χ4n) is 3.89. The first-order chi connectivity index (χ1) is 12.1. The molecule has 0 unspecified atom stereocenters. The van der Waals surface area contributed by atoms with Crippen LogP contribution in [0, 0.1) is 0 Å². The van der Waals surface area contributed by atoms with Crippen LogP contribution in [-0.2, 0) is 4.79 Å². The Hall–Kier alpha value is -2.16. The Kier molecular flexibility index (Phi) is 4.32. The summed E-state index contributed by atoms with van der Waals surface area (Å²) in [6.45, 7) is 4.06. The number of anilines is 3. The van der Waals surface area contributed by atoms with Crippen LogP contribution in [0.3, 0.4) is 0 Å². The molecule has 3 fully saturated rings. The largest absolute Gasteiger partial charge is 0.391 e. The summed E-state index contributed by atoms with van der Waals surface area (Å²) in [5.74, 6) is 1.31. The van der Waals surface area contributed by atoms with Crippen molar-refractivity contribution < 1.29 is 9.90 Å². The van der Waals surface area contributed by atoms with Crippen molar-refractivity contribution in [2.75, 3.05) is 47.4 Å². The molecule has 0 aromatic carbocycles. The number of hydrogen-bond acceptors (Lipinski definition) is 8. The second kappa shape index (κ2) is 6.62. The van der Waals surface area contributed by atoms with Gasteiger partial charge in [-0.05, 0) is 25.7 Å². The third-order valence-electron chi connectivity index (χ3n) is 5.24. The van der Waals surface area contributed by atoms with Crippen LogP contribution in [0.2, 0.25) is 0 Å². The molecular formula is C16H25N7O2. The van der Waals surface area contributed by atoms with E-state index >= 15 is 0 Å². The third kappa shape index (κ3) is 3.20. The van der Waals surface area contributed by atoms with E-state index in [1.54, 1.807) is 4.90 Å². The number of aliphatic hydroxyl groups is 1. The summed E-state index contributed by atoms with van der Waals surface area (Å²) >= 11 is 0. The molecule has 0 bridgehead atoms. The van der Waals surface area contributed by atoms with Crippen molar-refractivity contribution in [3.8, 4) is 0 Å². The minimum Gasteiger partial charge on any atom is -0.391 e. The van der Waals surface area contributed by atoms with E-state index in [1.807, 2.05) is 0 Å². The van der Waals surface area contributed by atoms with E-state index in [9.17, 15) is 9.90 Å². The number of nitrogens with two attached hydrogens (primary N) is 1. The lowest BCUT2D eigenvalue weighted by atomic mass is 10.2. The molecular weight excluding hydrogens is 322 g/mol. The molecule has 0 radical (unpaired) electrons. The predicted molar refractivity (Wildman–Crippen MR) is 93.7 cm³/mol. The molecule has 0 aliphatic carbocycles. The normalized spacial score (nSPS) is 26.7. The Morgan fingerprint density at radius 3 is 1.88 bits per heavy atom. The summed E-state index contributed by atoms with van der Waals surface area (Å²) in [6.07, 6.45) is 4.25. The number of rotatable bonds is 4. The average molecular weight is 347 g/mol. The summed E-state index contributed by atoms with van der Waals surface area (Å²) in [5, 5.41) is 10.0. The van der Waals surface area contributed by atoms with E-state index in [2.05, 4.69) is 24.8 Å². The standard InChI is InChI=1S/C16H25N7O2/c17-13(25)12-9-11(24)10-23(12)16-19-14(21-5-1-2-6-21)18-15(20-16)22-7-3-4-8-22/h11-12,24H,1-10H2,(H2,17,25)/t11-,12+/m1/s1. The lowest BCUT2D eigenvalue weighted by Gasteiger charge is -2.26. The molecule has 3 aliphatic heterocycles. The summed E-state index contributed by atoms with van der Waals surface area (Å²) in [5.41, 5.74) is 5.52. The van der Waals surface area contributed by atoms with Crippen molar-refractivity contribution >= 4 is 23.8 Å². The summed E-state index contributed by atoms with van der Waals surface area (Å²) in [7, 11) is 0. The zero-order valence-corrected chi connectivity index (χ0v) is 14.3. The maximum atomic E-state index is 11.8. The zero-order valence-electron chi connectivity index (χ0n) is 14.3. The van der Waals surface area contributed by atoms with E-state index in [1.165, 1.54) is 0 Å². The molecule has 1 amide bonds. The number of carbonyl (C=O) groups is 1. The lowest BCUT2D eigenvalue weighted by molar-refractivity contribution is -0.119. The smallest absolute Gasteiger partial charge is 0.240 e. The summed E-state index contributed by atoms with van der Waals surface area (Å²) in [4.78, 5) is 31.8. The van der Waals surface area contributed by atoms with Crippen LogP contribution in [0.4, 0.5) is 17.8 Å². The van der Waals surface area contributed by atoms with Crippen LogP contribution in [-0.4, -0.2) is 70.8 Å². The minimum absolute atomic E-state index is 0.316. The molecule has 1 aromatic rings. The summed E-state index contributed by atoms with van der Waals surface area (Å²) in [6, 6.07) is -0.574. The van der Waals surface area contributed by atoms with Crippen molar-refractivity contribution in [2.24, 2.45) is 5.73 Å². The highest BCUT2D eigenvalue weighted by Crippen LogP contribution is 2.28. The second-order valence-electron chi connectivity index (χ2n) is 7.08. The van der Waals surface area contributed by atoms with Gasteiger partial charge in [-0.15, -0.1) is 0 Å². The van der Waals surface area contributed by atoms with Gasteiger partial charge < -0.3 is 25.5 Å². The van der Waals surface area contributed by atoms with Crippen LogP contribution in [0.25, 0.3) is 0 Å². The first kappa shape index (κ1) is 16.3. The van der Waals surface area contributed by atoms with Gasteiger partial charge in [0.2, 0.25) is 23.8 Å². The van der Waals surface area contributed by atoms with Gasteiger partial charge in [0.15, 0.2) is 0 Å². The van der Waals surface area contributed by atoms with E-state index in [4.69, 9.17) is 5.73 Å². The fraction of sp³-hybridized carbons (Fsp3) is 0.750. The molecule has 25 heavy (non-hydrogen) atoms. The molecule has 4 rings (SSSR count). The predicted octanol–water partition coefficient (Wildman–Crippen LogP) is -0.503. The van der Waals surface area contributed by atoms with E-state index in [0.717, 1.165) is 51.9 Å². The molecule has 3 N–H and O–H groups in total. The highest BCUT2D eigenvalue weighted by Gasteiger charge is 2.37. The number of hydrogen-bond donors (Lipinski definition) is 2. The number of aromatic nitrogens is 3. The number of β-amino-alcohol motifs (C(OH)–C–C–N with tert-alkyl or cyclic N) is 1. The van der Waals surface area contributed by atoms with Gasteiger partial charge in [0.1, 0.15) is 6.04 Å². The quantitative estimate of drug-likeness (QED) is 0.749. The van der Waals surface area contributed by atoms with Crippen LogP contribution < -0.4 is 20.4 Å². The van der Waals surface area contributed by atoms with Gasteiger partial charge in [-0.1, -0.05) is 0 Å². The number of nitrogens with zero attached hydrogens (tertiary/aromatic N) is 6. The molecule has 1 aromatic heterocycles. The van der Waals surface area contributed by atoms with Gasteiger partial charge >= 0.3 is 0 Å².